The molecule has 0 spiro atoms. The van der Waals surface area contributed by atoms with Crippen LogP contribution in [0.3, 0.4) is 0 Å². The molecule has 1 aromatic carbocycles. The Morgan fingerprint density at radius 3 is 2.66 bits per heavy atom. The zero-order chi connectivity index (χ0) is 26.5. The molecule has 2 aromatic heterocycles. The van der Waals surface area contributed by atoms with E-state index in [9.17, 15) is 4.79 Å². The lowest BCUT2D eigenvalue weighted by Crippen LogP contribution is -2.39. The number of anilines is 1. The fourth-order valence-corrected chi connectivity index (χ4v) is 5.45. The summed E-state index contributed by atoms with van der Waals surface area (Å²) < 4.78 is 12.9. The maximum absolute atomic E-state index is 12.6. The van der Waals surface area contributed by atoms with Gasteiger partial charge in [-0.15, -0.1) is 0 Å². The predicted molar refractivity (Wildman–Crippen MR) is 149 cm³/mol. The molecule has 198 valence electrons. The van der Waals surface area contributed by atoms with Crippen molar-refractivity contribution in [3.05, 3.63) is 47.3 Å². The summed E-state index contributed by atoms with van der Waals surface area (Å²) in [6.07, 6.45) is 14.5. The van der Waals surface area contributed by atoms with E-state index in [1.807, 2.05) is 24.4 Å². The van der Waals surface area contributed by atoms with E-state index in [1.54, 1.807) is 14.2 Å². The molecule has 0 saturated heterocycles. The van der Waals surface area contributed by atoms with Gasteiger partial charge >= 0.3 is 0 Å². The molecule has 2 atom stereocenters. The van der Waals surface area contributed by atoms with Crippen molar-refractivity contribution in [3.63, 3.8) is 0 Å². The zero-order valence-electron chi connectivity index (χ0n) is 22.1. The minimum Gasteiger partial charge on any atom is -0.497 e. The van der Waals surface area contributed by atoms with Gasteiger partial charge in [-0.3, -0.25) is 9.48 Å². The average Bonchev–Trinajstić information content (AvgIpc) is 3.32. The van der Waals surface area contributed by atoms with Crippen LogP contribution in [0.2, 0.25) is 0 Å². The van der Waals surface area contributed by atoms with Gasteiger partial charge in [-0.2, -0.15) is 5.10 Å². The van der Waals surface area contributed by atoms with E-state index in [-0.39, 0.29) is 18.0 Å². The molecular formula is C30H35N5O3. The number of pyridine rings is 1. The largest absolute Gasteiger partial charge is 0.497 e. The number of allylic oxidation sites excluding steroid dienone is 1. The van der Waals surface area contributed by atoms with Crippen LogP contribution in [0.15, 0.2) is 30.5 Å². The van der Waals surface area contributed by atoms with E-state index in [2.05, 4.69) is 39.0 Å². The molecule has 5 rings (SSSR count). The number of carbonyl (C=O) groups excluding carboxylic acids is 1. The number of hydrogen-bond donors (Lipinski definition) is 2. The highest BCUT2D eigenvalue weighted by Crippen LogP contribution is 2.35. The molecule has 38 heavy (non-hydrogen) atoms. The molecular weight excluding hydrogens is 478 g/mol. The van der Waals surface area contributed by atoms with Gasteiger partial charge in [-0.25, -0.2) is 4.98 Å². The Morgan fingerprint density at radius 1 is 1.05 bits per heavy atom. The minimum absolute atomic E-state index is 0.128. The van der Waals surface area contributed by atoms with E-state index in [0.29, 0.717) is 29.4 Å². The Morgan fingerprint density at radius 2 is 1.87 bits per heavy atom. The van der Waals surface area contributed by atoms with Gasteiger partial charge in [-0.1, -0.05) is 24.5 Å². The van der Waals surface area contributed by atoms with Crippen molar-refractivity contribution in [2.45, 2.75) is 69.9 Å². The third-order valence-electron chi connectivity index (χ3n) is 7.39. The molecule has 1 fully saturated rings. The molecule has 2 bridgehead atoms. The number of aromatic nitrogens is 3. The predicted octanol–water partition coefficient (Wildman–Crippen LogP) is 5.01. The first-order chi connectivity index (χ1) is 18.6. The molecule has 3 heterocycles. The third-order valence-corrected chi connectivity index (χ3v) is 7.39. The van der Waals surface area contributed by atoms with Crippen LogP contribution in [0.4, 0.5) is 5.82 Å². The lowest BCUT2D eigenvalue weighted by Gasteiger charge is -2.30. The van der Waals surface area contributed by atoms with E-state index >= 15 is 0 Å². The molecule has 8 nitrogen and oxygen atoms in total. The van der Waals surface area contributed by atoms with Crippen LogP contribution in [0.5, 0.6) is 11.5 Å². The topological polar surface area (TPSA) is 104 Å². The zero-order valence-corrected chi connectivity index (χ0v) is 22.1. The van der Waals surface area contributed by atoms with Crippen molar-refractivity contribution in [3.8, 4) is 23.3 Å². The molecule has 1 aliphatic carbocycles. The second-order valence-corrected chi connectivity index (χ2v) is 10.1. The number of ether oxygens (including phenoxy) is 2. The fourth-order valence-electron chi connectivity index (χ4n) is 5.45. The molecule has 2 aliphatic rings. The van der Waals surface area contributed by atoms with E-state index in [1.165, 1.54) is 0 Å². The number of nitrogens with zero attached hydrogens (tertiary/aromatic N) is 3. The first kappa shape index (κ1) is 25.7. The summed E-state index contributed by atoms with van der Waals surface area (Å²) in [4.78, 5) is 17.1. The second kappa shape index (κ2) is 11.6. The van der Waals surface area contributed by atoms with Crippen LogP contribution in [0.25, 0.3) is 17.0 Å². The molecule has 1 unspecified atom stereocenters. The van der Waals surface area contributed by atoms with E-state index < -0.39 is 0 Å². The molecule has 0 radical (unpaired) electrons. The van der Waals surface area contributed by atoms with Crippen molar-refractivity contribution in [2.24, 2.45) is 0 Å². The Bertz CT molecular complexity index is 1390. The van der Waals surface area contributed by atoms with Gasteiger partial charge in [0.25, 0.3) is 0 Å². The summed E-state index contributed by atoms with van der Waals surface area (Å²) in [5, 5.41) is 9.07. The molecule has 1 saturated carbocycles. The first-order valence-electron chi connectivity index (χ1n) is 13.4. The number of hydrogen-bond acceptors (Lipinski definition) is 6. The molecule has 1 aliphatic heterocycles. The van der Waals surface area contributed by atoms with Gasteiger partial charge in [0, 0.05) is 35.9 Å². The third kappa shape index (κ3) is 5.62. The van der Waals surface area contributed by atoms with Gasteiger partial charge in [0.15, 0.2) is 0 Å². The average molecular weight is 514 g/mol. The normalized spacial score (nSPS) is 20.8. The number of nitrogens with one attached hydrogen (secondary N) is 1. The Labute approximate surface area is 223 Å². The monoisotopic (exact) mass is 513 g/mol. The smallest absolute Gasteiger partial charge is 0.220 e. The maximum Gasteiger partial charge on any atom is 0.220 e. The van der Waals surface area contributed by atoms with Gasteiger partial charge < -0.3 is 20.5 Å². The van der Waals surface area contributed by atoms with Crippen LogP contribution in [-0.4, -0.2) is 40.9 Å². The highest BCUT2D eigenvalue weighted by atomic mass is 16.5. The van der Waals surface area contributed by atoms with Crippen LogP contribution < -0.4 is 20.5 Å². The van der Waals surface area contributed by atoms with Crippen molar-refractivity contribution < 1.29 is 14.3 Å². The van der Waals surface area contributed by atoms with Gasteiger partial charge in [0.1, 0.15) is 23.0 Å². The Kier molecular flexibility index (Phi) is 7.83. The lowest BCUT2D eigenvalue weighted by molar-refractivity contribution is -0.122. The van der Waals surface area contributed by atoms with Crippen LogP contribution in [0.1, 0.15) is 80.7 Å². The number of nitrogen functional groups attached to an aromatic ring is 1. The van der Waals surface area contributed by atoms with Crippen LogP contribution in [0, 0.1) is 11.8 Å². The van der Waals surface area contributed by atoms with Crippen LogP contribution in [-0.2, 0) is 4.79 Å². The van der Waals surface area contributed by atoms with Gasteiger partial charge in [0.05, 0.1) is 31.2 Å². The number of rotatable bonds is 2. The maximum atomic E-state index is 12.6. The molecule has 3 aromatic rings. The first-order valence-corrected chi connectivity index (χ1v) is 13.4. The number of methoxy groups -OCH3 is 2. The molecule has 1 amide bonds. The highest BCUT2D eigenvalue weighted by Gasteiger charge is 2.28. The summed E-state index contributed by atoms with van der Waals surface area (Å²) in [5.74, 6) is 8.38. The summed E-state index contributed by atoms with van der Waals surface area (Å²) in [7, 11) is 3.23. The van der Waals surface area contributed by atoms with Crippen molar-refractivity contribution >= 4 is 28.7 Å². The van der Waals surface area contributed by atoms with Crippen molar-refractivity contribution in [1.29, 1.82) is 0 Å². The van der Waals surface area contributed by atoms with Gasteiger partial charge in [0.2, 0.25) is 5.91 Å². The molecule has 8 heteroatoms. The number of carbonyl (C=O) groups is 1. The number of benzene rings is 1. The lowest BCUT2D eigenvalue weighted by atomic mass is 9.90. The quantitative estimate of drug-likeness (QED) is 0.467. The number of amides is 1. The highest BCUT2D eigenvalue weighted by molar-refractivity contribution is 5.98. The van der Waals surface area contributed by atoms with E-state index in [0.717, 1.165) is 73.4 Å². The molecule has 3 N–H and O–H groups in total. The van der Waals surface area contributed by atoms with Gasteiger partial charge in [-0.05, 0) is 63.0 Å². The summed E-state index contributed by atoms with van der Waals surface area (Å²) in [6.45, 7) is 0. The number of fused-ring (bicyclic) bond motifs is 3. The standard InChI is InChI=1S/C30H35N5O3/c1-37-24-15-20(16-25(18-24)38-2)13-14-26-28-29-21(19-32-30(28)31)9-6-4-3-5-7-12-27(36)33-22-10-8-11-23(17-22)35(29)34-26/h6,9,15-16,18-19,22-23H,3-5,7-8,10-12,17H2,1-2H3,(H2,31,32)(H,33,36)/b9-6+/t22?,23-/m1/s1. The Hall–Kier alpha value is -3.99. The summed E-state index contributed by atoms with van der Waals surface area (Å²) >= 11 is 0. The minimum atomic E-state index is 0.128. The van der Waals surface area contributed by atoms with Crippen molar-refractivity contribution in [1.82, 2.24) is 20.1 Å². The number of nitrogens with two attached hydrogens (primary N) is 1. The second-order valence-electron chi connectivity index (χ2n) is 10.1. The summed E-state index contributed by atoms with van der Waals surface area (Å²) in [5.41, 5.74) is 9.73. The van der Waals surface area contributed by atoms with Crippen molar-refractivity contribution in [2.75, 3.05) is 20.0 Å². The van der Waals surface area contributed by atoms with Crippen LogP contribution >= 0.6 is 0 Å². The Balaban J connectivity index is 1.62. The fraction of sp³-hybridized carbons (Fsp3) is 0.433. The summed E-state index contributed by atoms with van der Waals surface area (Å²) in [6, 6.07) is 5.81. The SMILES string of the molecule is COc1cc(C#Cc2nn3c4c(cnc(N)c24)/C=C/CCCCCC(=O)NC2CCC[C@@H]3C2)cc(OC)c1. The van der Waals surface area contributed by atoms with E-state index in [4.69, 9.17) is 20.3 Å².